The van der Waals surface area contributed by atoms with Crippen LogP contribution in [0.15, 0.2) is 0 Å². The van der Waals surface area contributed by atoms with Crippen LogP contribution in [0, 0.1) is 11.3 Å². The molecule has 1 fully saturated rings. The molecule has 21 heavy (non-hydrogen) atoms. The maximum Gasteiger partial charge on any atom is 0.0811 e. The molecule has 1 rings (SSSR count). The van der Waals surface area contributed by atoms with Gasteiger partial charge in [-0.05, 0) is 57.4 Å². The summed E-state index contributed by atoms with van der Waals surface area (Å²) in [6, 6.07) is 0. The zero-order valence-corrected chi connectivity index (χ0v) is 15.1. The van der Waals surface area contributed by atoms with Gasteiger partial charge in [-0.1, -0.05) is 27.7 Å². The van der Waals surface area contributed by atoms with Crippen LogP contribution in [0.4, 0.5) is 0 Å². The zero-order valence-electron chi connectivity index (χ0n) is 15.1. The second-order valence-corrected chi connectivity index (χ2v) is 7.69. The van der Waals surface area contributed by atoms with E-state index in [0.29, 0.717) is 12.0 Å². The highest BCUT2D eigenvalue weighted by molar-refractivity contribution is 4.92. The third-order valence-electron chi connectivity index (χ3n) is 4.83. The molecule has 0 aromatic heterocycles. The number of ether oxygens (including phenoxy) is 2. The van der Waals surface area contributed by atoms with Crippen molar-refractivity contribution in [3.05, 3.63) is 0 Å². The molecule has 0 heterocycles. The average molecular weight is 299 g/mol. The first-order chi connectivity index (χ1) is 9.83. The van der Waals surface area contributed by atoms with Gasteiger partial charge in [0.2, 0.25) is 0 Å². The third kappa shape index (κ3) is 6.25. The molecule has 1 unspecified atom stereocenters. The lowest BCUT2D eigenvalue weighted by Crippen LogP contribution is -2.49. The van der Waals surface area contributed by atoms with E-state index < -0.39 is 0 Å². The van der Waals surface area contributed by atoms with E-state index in [1.807, 2.05) is 6.92 Å². The van der Waals surface area contributed by atoms with Crippen molar-refractivity contribution in [2.24, 2.45) is 11.3 Å². The van der Waals surface area contributed by atoms with Crippen LogP contribution in [0.5, 0.6) is 0 Å². The van der Waals surface area contributed by atoms with E-state index >= 15 is 0 Å². The molecular weight excluding hydrogens is 262 g/mol. The fraction of sp³-hybridized carbons (Fsp3) is 1.00. The van der Waals surface area contributed by atoms with Gasteiger partial charge in [-0.15, -0.1) is 0 Å². The van der Waals surface area contributed by atoms with Crippen molar-refractivity contribution >= 4 is 0 Å². The van der Waals surface area contributed by atoms with Gasteiger partial charge in [0, 0.05) is 13.2 Å². The Morgan fingerprint density at radius 1 is 1.19 bits per heavy atom. The minimum absolute atomic E-state index is 0.00821. The molecule has 0 saturated heterocycles. The Kier molecular flexibility index (Phi) is 7.66. The molecule has 0 aliphatic heterocycles. The van der Waals surface area contributed by atoms with Gasteiger partial charge in [0.15, 0.2) is 0 Å². The Labute approximate surface area is 132 Å². The van der Waals surface area contributed by atoms with E-state index in [2.05, 4.69) is 39.9 Å². The summed E-state index contributed by atoms with van der Waals surface area (Å²) in [4.78, 5) is 0. The van der Waals surface area contributed by atoms with Crippen LogP contribution in [0.3, 0.4) is 0 Å². The molecule has 0 spiro atoms. The summed E-state index contributed by atoms with van der Waals surface area (Å²) >= 11 is 0. The van der Waals surface area contributed by atoms with Crippen molar-refractivity contribution in [3.63, 3.8) is 0 Å². The van der Waals surface area contributed by atoms with Crippen molar-refractivity contribution in [3.8, 4) is 0 Å². The van der Waals surface area contributed by atoms with Gasteiger partial charge in [-0.25, -0.2) is 0 Å². The molecule has 3 nitrogen and oxygen atoms in total. The molecule has 1 N–H and O–H groups in total. The van der Waals surface area contributed by atoms with Crippen LogP contribution >= 0.6 is 0 Å². The van der Waals surface area contributed by atoms with Gasteiger partial charge in [0.05, 0.1) is 18.3 Å². The predicted octanol–water partition coefficient (Wildman–Crippen LogP) is 4.01. The maximum absolute atomic E-state index is 6.46. The van der Waals surface area contributed by atoms with E-state index in [9.17, 15) is 0 Å². The lowest BCUT2D eigenvalue weighted by molar-refractivity contribution is -0.135. The van der Waals surface area contributed by atoms with Crippen LogP contribution in [0.2, 0.25) is 0 Å². The second kappa shape index (κ2) is 8.50. The van der Waals surface area contributed by atoms with Gasteiger partial charge in [-0.3, -0.25) is 0 Å². The molecular formula is C18H37NO2. The molecule has 3 heteroatoms. The highest BCUT2D eigenvalue weighted by Gasteiger charge is 2.40. The van der Waals surface area contributed by atoms with Crippen LogP contribution in [0.1, 0.15) is 67.2 Å². The Bertz CT molecular complexity index is 277. The van der Waals surface area contributed by atoms with E-state index in [1.54, 1.807) is 0 Å². The summed E-state index contributed by atoms with van der Waals surface area (Å²) in [5.41, 5.74) is 0.426. The summed E-state index contributed by atoms with van der Waals surface area (Å²) < 4.78 is 12.0. The van der Waals surface area contributed by atoms with E-state index in [-0.39, 0.29) is 11.7 Å². The predicted molar refractivity (Wildman–Crippen MR) is 89.7 cm³/mol. The van der Waals surface area contributed by atoms with Crippen molar-refractivity contribution in [2.75, 3.05) is 26.3 Å². The monoisotopic (exact) mass is 299 g/mol. The van der Waals surface area contributed by atoms with Gasteiger partial charge in [0.1, 0.15) is 0 Å². The molecule has 0 aromatic rings. The Hall–Kier alpha value is -0.120. The molecule has 0 aromatic carbocycles. The van der Waals surface area contributed by atoms with Crippen molar-refractivity contribution < 1.29 is 9.47 Å². The molecule has 1 atom stereocenters. The first-order valence-electron chi connectivity index (χ1n) is 8.79. The third-order valence-corrected chi connectivity index (χ3v) is 4.83. The zero-order chi connectivity index (χ0) is 15.9. The SMILES string of the molecule is CCNCC1(OC(C)COCC)CCC(C(C)(C)C)CC1. The molecule has 0 radical (unpaired) electrons. The quantitative estimate of drug-likeness (QED) is 0.734. The van der Waals surface area contributed by atoms with Crippen LogP contribution < -0.4 is 5.32 Å². The highest BCUT2D eigenvalue weighted by atomic mass is 16.5. The second-order valence-electron chi connectivity index (χ2n) is 7.69. The lowest BCUT2D eigenvalue weighted by Gasteiger charge is -2.45. The normalized spacial score (nSPS) is 28.6. The van der Waals surface area contributed by atoms with Gasteiger partial charge in [-0.2, -0.15) is 0 Å². The number of nitrogens with one attached hydrogen (secondary N) is 1. The molecule has 0 bridgehead atoms. The molecule has 126 valence electrons. The lowest BCUT2D eigenvalue weighted by atomic mass is 9.68. The van der Waals surface area contributed by atoms with Crippen molar-refractivity contribution in [1.82, 2.24) is 5.32 Å². The van der Waals surface area contributed by atoms with Gasteiger partial charge in [0.25, 0.3) is 0 Å². The fourth-order valence-electron chi connectivity index (χ4n) is 3.44. The number of hydrogen-bond donors (Lipinski definition) is 1. The number of rotatable bonds is 8. The number of hydrogen-bond acceptors (Lipinski definition) is 3. The van der Waals surface area contributed by atoms with Crippen LogP contribution in [-0.2, 0) is 9.47 Å². The Morgan fingerprint density at radius 3 is 2.29 bits per heavy atom. The number of likely N-dealkylation sites (N-methyl/N-ethyl adjacent to an activating group) is 1. The minimum atomic E-state index is 0.00821. The van der Waals surface area contributed by atoms with Gasteiger partial charge >= 0.3 is 0 Å². The average Bonchev–Trinajstić information content (AvgIpc) is 2.42. The Morgan fingerprint density at radius 2 is 1.81 bits per heavy atom. The van der Waals surface area contributed by atoms with Crippen LogP contribution in [-0.4, -0.2) is 38.0 Å². The standard InChI is InChI=1S/C18H37NO2/c1-7-19-14-18(21-15(3)13-20-8-2)11-9-16(10-12-18)17(4,5)6/h15-16,19H,7-14H2,1-6H3. The summed E-state index contributed by atoms with van der Waals surface area (Å²) in [5.74, 6) is 0.818. The topological polar surface area (TPSA) is 30.5 Å². The smallest absolute Gasteiger partial charge is 0.0811 e. The van der Waals surface area contributed by atoms with E-state index in [1.165, 1.54) is 25.7 Å². The molecule has 1 aliphatic rings. The molecule has 1 saturated carbocycles. The Balaban J connectivity index is 2.60. The van der Waals surface area contributed by atoms with E-state index in [0.717, 1.165) is 25.6 Å². The maximum atomic E-state index is 6.46. The van der Waals surface area contributed by atoms with Crippen molar-refractivity contribution in [1.29, 1.82) is 0 Å². The first kappa shape index (κ1) is 18.9. The summed E-state index contributed by atoms with van der Waals surface area (Å²) in [6.07, 6.45) is 5.05. The highest BCUT2D eigenvalue weighted by Crippen LogP contribution is 2.43. The first-order valence-corrected chi connectivity index (χ1v) is 8.79. The largest absolute Gasteiger partial charge is 0.379 e. The van der Waals surface area contributed by atoms with Crippen LogP contribution in [0.25, 0.3) is 0 Å². The molecule has 0 amide bonds. The van der Waals surface area contributed by atoms with E-state index in [4.69, 9.17) is 9.47 Å². The summed E-state index contributed by atoms with van der Waals surface area (Å²) in [6.45, 7) is 16.9. The summed E-state index contributed by atoms with van der Waals surface area (Å²) in [5, 5.41) is 3.51. The molecule has 1 aliphatic carbocycles. The van der Waals surface area contributed by atoms with Crippen molar-refractivity contribution in [2.45, 2.75) is 78.9 Å². The van der Waals surface area contributed by atoms with Gasteiger partial charge < -0.3 is 14.8 Å². The fourth-order valence-corrected chi connectivity index (χ4v) is 3.44. The summed E-state index contributed by atoms with van der Waals surface area (Å²) in [7, 11) is 0. The minimum Gasteiger partial charge on any atom is -0.379 e.